The van der Waals surface area contributed by atoms with Crippen LogP contribution in [0.4, 0.5) is 5.69 Å². The van der Waals surface area contributed by atoms with E-state index in [2.05, 4.69) is 20.8 Å². The summed E-state index contributed by atoms with van der Waals surface area (Å²) in [5.41, 5.74) is 4.78. The molecular formula is C28H29N5O2S. The van der Waals surface area contributed by atoms with E-state index in [4.69, 9.17) is 0 Å². The van der Waals surface area contributed by atoms with Gasteiger partial charge in [-0.15, -0.1) is 10.2 Å². The van der Waals surface area contributed by atoms with Crippen LogP contribution in [0.25, 0.3) is 5.69 Å². The molecule has 0 saturated carbocycles. The van der Waals surface area contributed by atoms with E-state index in [0.29, 0.717) is 11.0 Å². The van der Waals surface area contributed by atoms with Gasteiger partial charge < -0.3 is 10.6 Å². The number of para-hydroxylation sites is 1. The van der Waals surface area contributed by atoms with Crippen molar-refractivity contribution < 1.29 is 9.59 Å². The first-order valence-electron chi connectivity index (χ1n) is 11.7. The standard InChI is InChI=1S/C28H29N5O2S/c1-19-14-15-24(20(2)16-19)30-26(34)17-25-31-32-28(33(25)23-12-8-5-9-13-23)36-18-27(35)29-21(3)22-10-6-4-7-11-22/h4-16,21H,17-18H2,1-3H3,(H,29,35)(H,30,34)/t21-/m1/s1. The summed E-state index contributed by atoms with van der Waals surface area (Å²) in [5, 5.41) is 15.1. The summed E-state index contributed by atoms with van der Waals surface area (Å²) in [6.07, 6.45) is 0.0486. The number of hydrogen-bond donors (Lipinski definition) is 2. The molecule has 0 spiro atoms. The predicted octanol–water partition coefficient (Wildman–Crippen LogP) is 5.03. The molecule has 2 N–H and O–H groups in total. The molecule has 4 aromatic rings. The Morgan fingerprint density at radius 3 is 2.31 bits per heavy atom. The van der Waals surface area contributed by atoms with Crippen molar-refractivity contribution >= 4 is 29.3 Å². The fourth-order valence-electron chi connectivity index (χ4n) is 3.87. The van der Waals surface area contributed by atoms with E-state index in [-0.39, 0.29) is 30.0 Å². The maximum absolute atomic E-state index is 12.9. The topological polar surface area (TPSA) is 88.9 Å². The zero-order valence-corrected chi connectivity index (χ0v) is 21.4. The van der Waals surface area contributed by atoms with Gasteiger partial charge in [0.2, 0.25) is 11.8 Å². The number of benzene rings is 3. The van der Waals surface area contributed by atoms with Gasteiger partial charge in [0.05, 0.1) is 18.2 Å². The molecule has 1 heterocycles. The quantitative estimate of drug-likeness (QED) is 0.315. The first-order chi connectivity index (χ1) is 17.4. The second-order valence-corrected chi connectivity index (χ2v) is 9.54. The molecule has 0 saturated heterocycles. The van der Waals surface area contributed by atoms with Gasteiger partial charge >= 0.3 is 0 Å². The van der Waals surface area contributed by atoms with Crippen molar-refractivity contribution in [1.82, 2.24) is 20.1 Å². The average molecular weight is 500 g/mol. The maximum Gasteiger partial charge on any atom is 0.232 e. The average Bonchev–Trinajstić information content (AvgIpc) is 3.27. The summed E-state index contributed by atoms with van der Waals surface area (Å²) in [4.78, 5) is 25.5. The smallest absolute Gasteiger partial charge is 0.232 e. The van der Waals surface area contributed by atoms with Crippen LogP contribution in [-0.2, 0) is 16.0 Å². The van der Waals surface area contributed by atoms with E-state index in [1.807, 2.05) is 104 Å². The lowest BCUT2D eigenvalue weighted by atomic mass is 10.1. The highest BCUT2D eigenvalue weighted by Crippen LogP contribution is 2.23. The molecule has 184 valence electrons. The van der Waals surface area contributed by atoms with E-state index >= 15 is 0 Å². The van der Waals surface area contributed by atoms with Crippen LogP contribution in [0, 0.1) is 13.8 Å². The highest BCUT2D eigenvalue weighted by atomic mass is 32.2. The number of anilines is 1. The van der Waals surface area contributed by atoms with Gasteiger partial charge in [-0.05, 0) is 50.1 Å². The minimum Gasteiger partial charge on any atom is -0.349 e. The molecule has 7 nitrogen and oxygen atoms in total. The van der Waals surface area contributed by atoms with E-state index < -0.39 is 0 Å². The molecule has 0 aliphatic rings. The van der Waals surface area contributed by atoms with Crippen LogP contribution in [0.3, 0.4) is 0 Å². The molecule has 1 atom stereocenters. The van der Waals surface area contributed by atoms with Gasteiger partial charge in [0.15, 0.2) is 5.16 Å². The van der Waals surface area contributed by atoms with E-state index in [1.165, 1.54) is 11.8 Å². The number of hydrogen-bond acceptors (Lipinski definition) is 5. The van der Waals surface area contributed by atoms with Crippen molar-refractivity contribution in [1.29, 1.82) is 0 Å². The molecule has 3 aromatic carbocycles. The molecule has 0 aliphatic heterocycles. The number of thioether (sulfide) groups is 1. The van der Waals surface area contributed by atoms with Crippen LogP contribution in [0.5, 0.6) is 0 Å². The molecule has 4 rings (SSSR count). The fraction of sp³-hybridized carbons (Fsp3) is 0.214. The molecule has 0 bridgehead atoms. The fourth-order valence-corrected chi connectivity index (χ4v) is 4.66. The summed E-state index contributed by atoms with van der Waals surface area (Å²) >= 11 is 1.29. The number of amides is 2. The van der Waals surface area contributed by atoms with Crippen molar-refractivity contribution in [3.05, 3.63) is 101 Å². The minimum absolute atomic E-state index is 0.0486. The second kappa shape index (κ2) is 11.7. The largest absolute Gasteiger partial charge is 0.349 e. The van der Waals surface area contributed by atoms with Crippen molar-refractivity contribution in [2.24, 2.45) is 0 Å². The van der Waals surface area contributed by atoms with Gasteiger partial charge in [0.25, 0.3) is 0 Å². The third-order valence-electron chi connectivity index (χ3n) is 5.70. The number of rotatable bonds is 9. The number of carbonyl (C=O) groups excluding carboxylic acids is 2. The molecule has 0 unspecified atom stereocenters. The first-order valence-corrected chi connectivity index (χ1v) is 12.7. The molecule has 1 aromatic heterocycles. The molecule has 0 aliphatic carbocycles. The van der Waals surface area contributed by atoms with Crippen molar-refractivity contribution in [3.63, 3.8) is 0 Å². The third-order valence-corrected chi connectivity index (χ3v) is 6.63. The number of nitrogens with zero attached hydrogens (tertiary/aromatic N) is 3. The Morgan fingerprint density at radius 2 is 1.61 bits per heavy atom. The zero-order valence-electron chi connectivity index (χ0n) is 20.6. The van der Waals surface area contributed by atoms with Crippen LogP contribution < -0.4 is 10.6 Å². The van der Waals surface area contributed by atoms with Crippen LogP contribution >= 0.6 is 11.8 Å². The summed E-state index contributed by atoms with van der Waals surface area (Å²) in [7, 11) is 0. The Hall–Kier alpha value is -3.91. The lowest BCUT2D eigenvalue weighted by Gasteiger charge is -2.14. The van der Waals surface area contributed by atoms with E-state index in [9.17, 15) is 9.59 Å². The Kier molecular flexibility index (Phi) is 8.17. The normalized spacial score (nSPS) is 11.6. The molecule has 36 heavy (non-hydrogen) atoms. The number of carbonyl (C=O) groups is 2. The zero-order chi connectivity index (χ0) is 25.5. The van der Waals surface area contributed by atoms with Gasteiger partial charge in [-0.2, -0.15) is 0 Å². The SMILES string of the molecule is Cc1ccc(NC(=O)Cc2nnc(SCC(=O)N[C@H](C)c3ccccc3)n2-c2ccccc2)c(C)c1. The Bertz CT molecular complexity index is 1340. The molecular weight excluding hydrogens is 470 g/mol. The highest BCUT2D eigenvalue weighted by molar-refractivity contribution is 7.99. The number of aryl methyl sites for hydroxylation is 2. The number of nitrogens with one attached hydrogen (secondary N) is 2. The summed E-state index contributed by atoms with van der Waals surface area (Å²) in [6.45, 7) is 5.94. The third kappa shape index (κ3) is 6.40. The summed E-state index contributed by atoms with van der Waals surface area (Å²) < 4.78 is 1.83. The van der Waals surface area contributed by atoms with E-state index in [0.717, 1.165) is 28.1 Å². The van der Waals surface area contributed by atoms with Crippen LogP contribution in [-0.4, -0.2) is 32.3 Å². The molecule has 0 radical (unpaired) electrons. The monoisotopic (exact) mass is 499 g/mol. The second-order valence-electron chi connectivity index (χ2n) is 8.60. The maximum atomic E-state index is 12.9. The lowest BCUT2D eigenvalue weighted by Crippen LogP contribution is -2.28. The van der Waals surface area contributed by atoms with Gasteiger partial charge in [-0.3, -0.25) is 14.2 Å². The Labute approximate surface area is 215 Å². The first kappa shape index (κ1) is 25.2. The Morgan fingerprint density at radius 1 is 0.917 bits per heavy atom. The van der Waals surface area contributed by atoms with Crippen molar-refractivity contribution in [2.75, 3.05) is 11.1 Å². The van der Waals surface area contributed by atoms with Gasteiger partial charge in [-0.1, -0.05) is 78.0 Å². The number of aromatic nitrogens is 3. The Balaban J connectivity index is 1.47. The molecule has 8 heteroatoms. The summed E-state index contributed by atoms with van der Waals surface area (Å²) in [5.74, 6) is 0.395. The van der Waals surface area contributed by atoms with Gasteiger partial charge in [-0.25, -0.2) is 0 Å². The van der Waals surface area contributed by atoms with Crippen molar-refractivity contribution in [3.8, 4) is 5.69 Å². The van der Waals surface area contributed by atoms with E-state index in [1.54, 1.807) is 0 Å². The lowest BCUT2D eigenvalue weighted by molar-refractivity contribution is -0.119. The highest BCUT2D eigenvalue weighted by Gasteiger charge is 2.19. The van der Waals surface area contributed by atoms with Gasteiger partial charge in [0, 0.05) is 11.4 Å². The van der Waals surface area contributed by atoms with Crippen LogP contribution in [0.15, 0.2) is 84.0 Å². The van der Waals surface area contributed by atoms with Gasteiger partial charge in [0.1, 0.15) is 5.82 Å². The predicted molar refractivity (Wildman–Crippen MR) is 143 cm³/mol. The summed E-state index contributed by atoms with van der Waals surface area (Å²) in [6, 6.07) is 25.2. The molecule has 0 fully saturated rings. The van der Waals surface area contributed by atoms with Crippen LogP contribution in [0.1, 0.15) is 35.5 Å². The van der Waals surface area contributed by atoms with Crippen LogP contribution in [0.2, 0.25) is 0 Å². The minimum atomic E-state index is -0.183. The van der Waals surface area contributed by atoms with Crippen molar-refractivity contribution in [2.45, 2.75) is 38.4 Å². The molecule has 2 amide bonds.